The third-order valence-electron chi connectivity index (χ3n) is 3.83. The molecule has 0 radical (unpaired) electrons. The number of amides is 1. The van der Waals surface area contributed by atoms with Gasteiger partial charge in [-0.15, -0.1) is 0 Å². The first kappa shape index (κ1) is 19.3. The quantitative estimate of drug-likeness (QED) is 0.577. The van der Waals surface area contributed by atoms with Gasteiger partial charge in [0.2, 0.25) is 0 Å². The normalized spacial score (nSPS) is 14.9. The van der Waals surface area contributed by atoms with E-state index in [-0.39, 0.29) is 6.09 Å². The van der Waals surface area contributed by atoms with Crippen molar-refractivity contribution in [1.82, 2.24) is 10.2 Å². The van der Waals surface area contributed by atoms with E-state index < -0.39 is 5.60 Å². The first-order chi connectivity index (χ1) is 10.4. The lowest BCUT2D eigenvalue weighted by molar-refractivity contribution is 0.0232. The van der Waals surface area contributed by atoms with Crippen LogP contribution in [0, 0.1) is 0 Å². The number of hydrogen-bond donors (Lipinski definition) is 1. The second-order valence-corrected chi connectivity index (χ2v) is 7.42. The molecule has 0 aromatic heterocycles. The molecule has 0 atom stereocenters. The Morgan fingerprint density at radius 2 is 1.73 bits per heavy atom. The van der Waals surface area contributed by atoms with Gasteiger partial charge in [-0.3, -0.25) is 0 Å². The Balaban J connectivity index is 2.08. The summed E-state index contributed by atoms with van der Waals surface area (Å²) in [5.41, 5.74) is -0.402. The molecular weight excluding hydrogens is 276 g/mol. The van der Waals surface area contributed by atoms with Gasteiger partial charge < -0.3 is 15.0 Å². The van der Waals surface area contributed by atoms with E-state index in [4.69, 9.17) is 4.74 Å². The van der Waals surface area contributed by atoms with Crippen molar-refractivity contribution in [3.05, 3.63) is 0 Å². The molecule has 4 heteroatoms. The number of carbonyl (C=O) groups excluding carboxylic acids is 1. The highest BCUT2D eigenvalue weighted by Crippen LogP contribution is 2.28. The van der Waals surface area contributed by atoms with E-state index in [0.717, 1.165) is 38.9 Å². The molecule has 1 aliphatic carbocycles. The highest BCUT2D eigenvalue weighted by atomic mass is 16.6. The zero-order chi connectivity index (χ0) is 16.4. The van der Waals surface area contributed by atoms with Gasteiger partial charge in [-0.25, -0.2) is 4.79 Å². The Kier molecular flexibility index (Phi) is 8.84. The van der Waals surface area contributed by atoms with Crippen molar-refractivity contribution < 1.29 is 9.53 Å². The third-order valence-corrected chi connectivity index (χ3v) is 3.83. The van der Waals surface area contributed by atoms with Crippen molar-refractivity contribution in [3.8, 4) is 0 Å². The molecule has 1 amide bonds. The zero-order valence-corrected chi connectivity index (χ0v) is 15.1. The standard InChI is InChI=1S/C18H36N2O2/c1-5-6-7-8-9-13-19-14-10-15-20(16-11-12-16)17(21)22-18(2,3)4/h16,19H,5-15H2,1-4H3. The largest absolute Gasteiger partial charge is 0.444 e. The summed E-state index contributed by atoms with van der Waals surface area (Å²) in [6.45, 7) is 10.9. The summed E-state index contributed by atoms with van der Waals surface area (Å²) in [5.74, 6) is 0. The lowest BCUT2D eigenvalue weighted by atomic mass is 10.1. The molecule has 0 aromatic carbocycles. The van der Waals surface area contributed by atoms with E-state index in [2.05, 4.69) is 12.2 Å². The van der Waals surface area contributed by atoms with Crippen LogP contribution in [0.1, 0.15) is 79.1 Å². The molecule has 1 aliphatic rings. The Morgan fingerprint density at radius 3 is 2.32 bits per heavy atom. The maximum atomic E-state index is 12.2. The number of carbonyl (C=O) groups is 1. The summed E-state index contributed by atoms with van der Waals surface area (Å²) in [6.07, 6.45) is 9.72. The van der Waals surface area contributed by atoms with Gasteiger partial charge in [0.05, 0.1) is 0 Å². The second kappa shape index (κ2) is 10.1. The predicted octanol–water partition coefficient (Wildman–Crippen LogP) is 4.34. The fourth-order valence-corrected chi connectivity index (χ4v) is 2.48. The number of nitrogens with one attached hydrogen (secondary N) is 1. The number of unbranched alkanes of at least 4 members (excludes halogenated alkanes) is 4. The third kappa shape index (κ3) is 9.29. The SMILES string of the molecule is CCCCCCCNCCCN(C(=O)OC(C)(C)C)C1CC1. The zero-order valence-electron chi connectivity index (χ0n) is 15.1. The molecule has 4 nitrogen and oxygen atoms in total. The molecule has 1 fully saturated rings. The van der Waals surface area contributed by atoms with E-state index in [1.807, 2.05) is 25.7 Å². The molecule has 0 aromatic rings. The molecule has 130 valence electrons. The summed E-state index contributed by atoms with van der Waals surface area (Å²) in [4.78, 5) is 14.1. The lowest BCUT2D eigenvalue weighted by Crippen LogP contribution is -2.39. The summed E-state index contributed by atoms with van der Waals surface area (Å²) >= 11 is 0. The lowest BCUT2D eigenvalue weighted by Gasteiger charge is -2.27. The Hall–Kier alpha value is -0.770. The highest BCUT2D eigenvalue weighted by Gasteiger charge is 2.34. The number of nitrogens with zero attached hydrogens (tertiary/aromatic N) is 1. The van der Waals surface area contributed by atoms with Crippen molar-refractivity contribution in [2.45, 2.75) is 90.7 Å². The fraction of sp³-hybridized carbons (Fsp3) is 0.944. The van der Waals surface area contributed by atoms with Crippen LogP contribution in [-0.4, -0.2) is 42.3 Å². The van der Waals surface area contributed by atoms with E-state index in [1.54, 1.807) is 0 Å². The van der Waals surface area contributed by atoms with Crippen molar-refractivity contribution >= 4 is 6.09 Å². The van der Waals surface area contributed by atoms with Crippen LogP contribution in [-0.2, 0) is 4.74 Å². The molecule has 0 saturated heterocycles. The van der Waals surface area contributed by atoms with Gasteiger partial charge in [0.1, 0.15) is 5.60 Å². The monoisotopic (exact) mass is 312 g/mol. The fourth-order valence-electron chi connectivity index (χ4n) is 2.48. The van der Waals surface area contributed by atoms with Gasteiger partial charge in [0.15, 0.2) is 0 Å². The average Bonchev–Trinajstić information content (AvgIpc) is 3.23. The Morgan fingerprint density at radius 1 is 1.09 bits per heavy atom. The summed E-state index contributed by atoms with van der Waals surface area (Å²) in [6, 6.07) is 0.420. The number of hydrogen-bond acceptors (Lipinski definition) is 3. The number of rotatable bonds is 11. The summed E-state index contributed by atoms with van der Waals surface area (Å²) in [5, 5.41) is 3.49. The van der Waals surface area contributed by atoms with Crippen LogP contribution in [0.2, 0.25) is 0 Å². The predicted molar refractivity (Wildman–Crippen MR) is 92.2 cm³/mol. The van der Waals surface area contributed by atoms with Gasteiger partial charge in [0, 0.05) is 12.6 Å². The van der Waals surface area contributed by atoms with Gasteiger partial charge >= 0.3 is 6.09 Å². The second-order valence-electron chi connectivity index (χ2n) is 7.42. The maximum Gasteiger partial charge on any atom is 0.410 e. The van der Waals surface area contributed by atoms with Crippen LogP contribution in [0.4, 0.5) is 4.79 Å². The van der Waals surface area contributed by atoms with Crippen LogP contribution in [0.15, 0.2) is 0 Å². The first-order valence-electron chi connectivity index (χ1n) is 9.14. The molecule has 0 aliphatic heterocycles. The van der Waals surface area contributed by atoms with Crippen LogP contribution >= 0.6 is 0 Å². The molecule has 1 rings (SSSR count). The summed E-state index contributed by atoms with van der Waals surface area (Å²) < 4.78 is 5.50. The Labute approximate surface area is 137 Å². The highest BCUT2D eigenvalue weighted by molar-refractivity contribution is 5.69. The molecule has 1 saturated carbocycles. The van der Waals surface area contributed by atoms with E-state index in [0.29, 0.717) is 6.04 Å². The van der Waals surface area contributed by atoms with Crippen LogP contribution in [0.5, 0.6) is 0 Å². The summed E-state index contributed by atoms with van der Waals surface area (Å²) in [7, 11) is 0. The minimum atomic E-state index is -0.402. The van der Waals surface area contributed by atoms with Crippen molar-refractivity contribution in [2.75, 3.05) is 19.6 Å². The van der Waals surface area contributed by atoms with Crippen LogP contribution in [0.3, 0.4) is 0 Å². The van der Waals surface area contributed by atoms with E-state index in [1.165, 1.54) is 32.1 Å². The molecule has 0 bridgehead atoms. The van der Waals surface area contributed by atoms with Crippen molar-refractivity contribution in [2.24, 2.45) is 0 Å². The number of ether oxygens (including phenoxy) is 1. The van der Waals surface area contributed by atoms with Crippen molar-refractivity contribution in [3.63, 3.8) is 0 Å². The van der Waals surface area contributed by atoms with Crippen LogP contribution in [0.25, 0.3) is 0 Å². The van der Waals surface area contributed by atoms with Gasteiger partial charge in [-0.2, -0.15) is 0 Å². The molecular formula is C18H36N2O2. The van der Waals surface area contributed by atoms with Gasteiger partial charge in [-0.1, -0.05) is 32.6 Å². The molecule has 0 unspecified atom stereocenters. The average molecular weight is 312 g/mol. The minimum Gasteiger partial charge on any atom is -0.444 e. The van der Waals surface area contributed by atoms with Crippen molar-refractivity contribution in [1.29, 1.82) is 0 Å². The minimum absolute atomic E-state index is 0.144. The van der Waals surface area contributed by atoms with Crippen LogP contribution < -0.4 is 5.32 Å². The first-order valence-corrected chi connectivity index (χ1v) is 9.14. The molecule has 1 N–H and O–H groups in total. The van der Waals surface area contributed by atoms with Gasteiger partial charge in [0.25, 0.3) is 0 Å². The topological polar surface area (TPSA) is 41.6 Å². The molecule has 0 heterocycles. The van der Waals surface area contributed by atoms with Gasteiger partial charge in [-0.05, 0) is 59.5 Å². The van der Waals surface area contributed by atoms with E-state index in [9.17, 15) is 4.79 Å². The smallest absolute Gasteiger partial charge is 0.410 e. The Bertz CT molecular complexity index is 309. The van der Waals surface area contributed by atoms with E-state index >= 15 is 0 Å². The molecule has 0 spiro atoms. The molecule has 22 heavy (non-hydrogen) atoms. The maximum absolute atomic E-state index is 12.2.